The number of phenols is 1. The zero-order valence-electron chi connectivity index (χ0n) is 15.0. The standard InChI is InChI=1S/C19H19N5O4/c25-14-4-1-3-12(9-14)19(27)24-7-8-28-11-13(24)10-17(26)20-15-5-2-6-16-18(15)22-23-21-16/h1-6,9,13,25H,7-8,10-11H2,(H,20,26)(H,21,22,23)/t13-/m1/s1. The number of aromatic hydroxyl groups is 1. The Morgan fingerprint density at radius 3 is 2.96 bits per heavy atom. The number of phenolic OH excluding ortho intramolecular Hbond substituents is 1. The fourth-order valence-corrected chi connectivity index (χ4v) is 3.28. The van der Waals surface area contributed by atoms with Gasteiger partial charge in [-0.15, -0.1) is 0 Å². The molecule has 4 rings (SSSR count). The first-order valence-electron chi connectivity index (χ1n) is 8.89. The number of aromatic amines is 1. The van der Waals surface area contributed by atoms with Crippen LogP contribution < -0.4 is 5.32 Å². The molecule has 0 saturated carbocycles. The van der Waals surface area contributed by atoms with E-state index in [9.17, 15) is 14.7 Å². The molecule has 0 unspecified atom stereocenters. The van der Waals surface area contributed by atoms with Crippen LogP contribution in [0.4, 0.5) is 5.69 Å². The predicted octanol–water partition coefficient (Wildman–Crippen LogP) is 1.53. The Labute approximate surface area is 160 Å². The summed E-state index contributed by atoms with van der Waals surface area (Å²) in [5, 5.41) is 23.0. The number of aromatic nitrogens is 3. The van der Waals surface area contributed by atoms with E-state index in [1.807, 2.05) is 0 Å². The summed E-state index contributed by atoms with van der Waals surface area (Å²) in [6.07, 6.45) is 0.0821. The minimum atomic E-state index is -0.403. The van der Waals surface area contributed by atoms with Crippen molar-refractivity contribution in [3.05, 3.63) is 48.0 Å². The van der Waals surface area contributed by atoms with Crippen LogP contribution in [0.15, 0.2) is 42.5 Å². The number of hydrogen-bond acceptors (Lipinski definition) is 6. The molecular formula is C19H19N5O4. The van der Waals surface area contributed by atoms with E-state index >= 15 is 0 Å². The number of rotatable bonds is 4. The van der Waals surface area contributed by atoms with Gasteiger partial charge in [-0.2, -0.15) is 15.4 Å². The number of H-pyrrole nitrogens is 1. The lowest BCUT2D eigenvalue weighted by molar-refractivity contribution is -0.118. The summed E-state index contributed by atoms with van der Waals surface area (Å²) in [7, 11) is 0. The van der Waals surface area contributed by atoms with E-state index < -0.39 is 6.04 Å². The number of anilines is 1. The average molecular weight is 381 g/mol. The third-order valence-corrected chi connectivity index (χ3v) is 4.62. The second-order valence-corrected chi connectivity index (χ2v) is 6.53. The molecule has 3 aromatic rings. The molecule has 0 aliphatic carbocycles. The van der Waals surface area contributed by atoms with Crippen molar-refractivity contribution in [2.24, 2.45) is 0 Å². The number of para-hydroxylation sites is 1. The molecule has 1 aromatic heterocycles. The first-order valence-corrected chi connectivity index (χ1v) is 8.89. The van der Waals surface area contributed by atoms with Gasteiger partial charge in [0.2, 0.25) is 5.91 Å². The number of fused-ring (bicyclic) bond motifs is 1. The minimum absolute atomic E-state index is 0.0223. The lowest BCUT2D eigenvalue weighted by atomic mass is 10.1. The van der Waals surface area contributed by atoms with E-state index in [0.717, 1.165) is 0 Å². The summed E-state index contributed by atoms with van der Waals surface area (Å²) < 4.78 is 5.48. The summed E-state index contributed by atoms with van der Waals surface area (Å²) in [6, 6.07) is 11.1. The number of ether oxygens (including phenoxy) is 1. The molecular weight excluding hydrogens is 362 g/mol. The molecule has 28 heavy (non-hydrogen) atoms. The zero-order chi connectivity index (χ0) is 19.5. The van der Waals surface area contributed by atoms with Gasteiger partial charge >= 0.3 is 0 Å². The third-order valence-electron chi connectivity index (χ3n) is 4.62. The van der Waals surface area contributed by atoms with E-state index in [-0.39, 0.29) is 30.6 Å². The maximum Gasteiger partial charge on any atom is 0.254 e. The van der Waals surface area contributed by atoms with Crippen molar-refractivity contribution in [3.63, 3.8) is 0 Å². The molecule has 0 bridgehead atoms. The molecule has 3 N–H and O–H groups in total. The van der Waals surface area contributed by atoms with Gasteiger partial charge in [0.1, 0.15) is 16.8 Å². The quantitative estimate of drug-likeness (QED) is 0.630. The topological polar surface area (TPSA) is 120 Å². The molecule has 144 valence electrons. The van der Waals surface area contributed by atoms with E-state index in [0.29, 0.717) is 35.4 Å². The van der Waals surface area contributed by atoms with Gasteiger partial charge in [-0.25, -0.2) is 0 Å². The van der Waals surface area contributed by atoms with Crippen LogP contribution in [0.2, 0.25) is 0 Å². The van der Waals surface area contributed by atoms with Crippen molar-refractivity contribution in [3.8, 4) is 5.75 Å². The van der Waals surface area contributed by atoms with Crippen molar-refractivity contribution in [2.45, 2.75) is 12.5 Å². The van der Waals surface area contributed by atoms with Gasteiger partial charge in [-0.3, -0.25) is 9.59 Å². The second kappa shape index (κ2) is 7.65. The first kappa shape index (κ1) is 17.9. The van der Waals surface area contributed by atoms with Crippen molar-refractivity contribution in [1.29, 1.82) is 0 Å². The van der Waals surface area contributed by atoms with Crippen LogP contribution >= 0.6 is 0 Å². The Morgan fingerprint density at radius 2 is 2.11 bits per heavy atom. The summed E-state index contributed by atoms with van der Waals surface area (Å²) in [4.78, 5) is 27.1. The van der Waals surface area contributed by atoms with E-state index in [2.05, 4.69) is 20.7 Å². The summed E-state index contributed by atoms with van der Waals surface area (Å²) in [5.74, 6) is -0.468. The fourth-order valence-electron chi connectivity index (χ4n) is 3.28. The molecule has 9 nitrogen and oxygen atoms in total. The maximum atomic E-state index is 12.8. The minimum Gasteiger partial charge on any atom is -0.508 e. The number of nitrogens with zero attached hydrogens (tertiary/aromatic N) is 3. The van der Waals surface area contributed by atoms with Gasteiger partial charge in [0, 0.05) is 18.5 Å². The van der Waals surface area contributed by atoms with Gasteiger partial charge in [-0.05, 0) is 30.3 Å². The molecule has 0 radical (unpaired) electrons. The van der Waals surface area contributed by atoms with Crippen molar-refractivity contribution < 1.29 is 19.4 Å². The Balaban J connectivity index is 1.48. The first-order chi connectivity index (χ1) is 13.6. The summed E-state index contributed by atoms with van der Waals surface area (Å²) in [5.41, 5.74) is 2.15. The number of amides is 2. The summed E-state index contributed by atoms with van der Waals surface area (Å²) >= 11 is 0. The largest absolute Gasteiger partial charge is 0.508 e. The van der Waals surface area contributed by atoms with E-state index in [1.165, 1.54) is 12.1 Å². The Hall–Kier alpha value is -3.46. The van der Waals surface area contributed by atoms with Gasteiger partial charge in [0.25, 0.3) is 5.91 Å². The van der Waals surface area contributed by atoms with Gasteiger partial charge in [0.05, 0.1) is 24.9 Å². The van der Waals surface area contributed by atoms with Crippen LogP contribution in [0.1, 0.15) is 16.8 Å². The maximum absolute atomic E-state index is 12.8. The van der Waals surface area contributed by atoms with E-state index in [4.69, 9.17) is 4.74 Å². The summed E-state index contributed by atoms with van der Waals surface area (Å²) in [6.45, 7) is 1.05. The molecule has 2 amide bonds. The van der Waals surface area contributed by atoms with Crippen molar-refractivity contribution >= 4 is 28.5 Å². The number of nitrogens with one attached hydrogen (secondary N) is 2. The lowest BCUT2D eigenvalue weighted by Crippen LogP contribution is -2.50. The molecule has 1 aliphatic rings. The number of morpholine rings is 1. The Kier molecular flexibility index (Phi) is 4.90. The molecule has 0 spiro atoms. The van der Waals surface area contributed by atoms with Crippen LogP contribution in [0, 0.1) is 0 Å². The third kappa shape index (κ3) is 3.65. The number of benzene rings is 2. The fraction of sp³-hybridized carbons (Fsp3) is 0.263. The number of hydrogen-bond donors (Lipinski definition) is 3. The van der Waals surface area contributed by atoms with Crippen LogP contribution in [0.5, 0.6) is 5.75 Å². The highest BCUT2D eigenvalue weighted by atomic mass is 16.5. The van der Waals surface area contributed by atoms with Crippen molar-refractivity contribution in [2.75, 3.05) is 25.1 Å². The normalized spacial score (nSPS) is 16.9. The number of carbonyl (C=O) groups excluding carboxylic acids is 2. The Morgan fingerprint density at radius 1 is 1.25 bits per heavy atom. The zero-order valence-corrected chi connectivity index (χ0v) is 15.0. The lowest BCUT2D eigenvalue weighted by Gasteiger charge is -2.35. The van der Waals surface area contributed by atoms with Crippen LogP contribution in [0.25, 0.3) is 11.0 Å². The van der Waals surface area contributed by atoms with Crippen LogP contribution in [0.3, 0.4) is 0 Å². The van der Waals surface area contributed by atoms with Gasteiger partial charge < -0.3 is 20.1 Å². The van der Waals surface area contributed by atoms with Crippen molar-refractivity contribution in [1.82, 2.24) is 20.3 Å². The second-order valence-electron chi connectivity index (χ2n) is 6.53. The molecule has 9 heteroatoms. The smallest absolute Gasteiger partial charge is 0.254 e. The predicted molar refractivity (Wildman–Crippen MR) is 101 cm³/mol. The molecule has 1 atom stereocenters. The SMILES string of the molecule is O=C(C[C@@H]1COCCN1C(=O)c1cccc(O)c1)Nc1cccc2n[nH]nc12. The average Bonchev–Trinajstić information content (AvgIpc) is 3.18. The monoisotopic (exact) mass is 381 g/mol. The highest BCUT2D eigenvalue weighted by molar-refractivity contribution is 6.00. The molecule has 1 aliphatic heterocycles. The Bertz CT molecular complexity index is 1020. The van der Waals surface area contributed by atoms with Gasteiger partial charge in [-0.1, -0.05) is 12.1 Å². The van der Waals surface area contributed by atoms with E-state index in [1.54, 1.807) is 35.2 Å². The van der Waals surface area contributed by atoms with Crippen LogP contribution in [-0.2, 0) is 9.53 Å². The highest BCUT2D eigenvalue weighted by Crippen LogP contribution is 2.21. The molecule has 1 saturated heterocycles. The van der Waals surface area contributed by atoms with Gasteiger partial charge in [0.15, 0.2) is 0 Å². The highest BCUT2D eigenvalue weighted by Gasteiger charge is 2.30. The number of carbonyl (C=O) groups is 2. The molecule has 2 heterocycles. The molecule has 1 fully saturated rings. The van der Waals surface area contributed by atoms with Crippen LogP contribution in [-0.4, -0.2) is 63.0 Å². The molecule has 2 aromatic carbocycles.